The quantitative estimate of drug-likeness (QED) is 0.353. The summed E-state index contributed by atoms with van der Waals surface area (Å²) in [5, 5.41) is 27.1. The van der Waals surface area contributed by atoms with Crippen molar-refractivity contribution in [3.8, 4) is 17.2 Å². The van der Waals surface area contributed by atoms with E-state index < -0.39 is 0 Å². The van der Waals surface area contributed by atoms with E-state index in [1.807, 2.05) is 38.1 Å². The van der Waals surface area contributed by atoms with Gasteiger partial charge in [-0.15, -0.1) is 11.5 Å². The third-order valence-electron chi connectivity index (χ3n) is 7.31. The number of ether oxygens (including phenoxy) is 1. The lowest BCUT2D eigenvalue weighted by atomic mass is 9.80. The van der Waals surface area contributed by atoms with Gasteiger partial charge in [-0.05, 0) is 57.9 Å². The highest BCUT2D eigenvalue weighted by Gasteiger charge is 2.23. The normalized spacial score (nSPS) is 12.6. The summed E-state index contributed by atoms with van der Waals surface area (Å²) in [5.74, 6) is 0.959. The lowest BCUT2D eigenvalue weighted by Crippen LogP contribution is -2.17. The van der Waals surface area contributed by atoms with Crippen LogP contribution in [-0.2, 0) is 29.1 Å². The van der Waals surface area contributed by atoms with Gasteiger partial charge in [-0.2, -0.15) is 0 Å². The lowest BCUT2D eigenvalue weighted by molar-refractivity contribution is -0.271. The molecule has 0 bridgehead atoms. The van der Waals surface area contributed by atoms with Gasteiger partial charge in [-0.25, -0.2) is 0 Å². The van der Waals surface area contributed by atoms with Gasteiger partial charge in [0, 0.05) is 12.8 Å². The summed E-state index contributed by atoms with van der Waals surface area (Å²) in [5.41, 5.74) is 7.94. The second-order valence-corrected chi connectivity index (χ2v) is 14.0. The van der Waals surface area contributed by atoms with Crippen LogP contribution in [0.1, 0.15) is 112 Å². The minimum Gasteiger partial charge on any atom is -0.872 e. The first kappa shape index (κ1) is 29.6. The second-order valence-electron chi connectivity index (χ2n) is 14.0. The minimum atomic E-state index is -0.235. The van der Waals surface area contributed by atoms with E-state index in [0.717, 1.165) is 55.8 Å². The van der Waals surface area contributed by atoms with Gasteiger partial charge >= 0.3 is 0 Å². The smallest absolute Gasteiger partial charge is 0.125 e. The maximum atomic E-state index is 13.6. The maximum absolute atomic E-state index is 13.6. The van der Waals surface area contributed by atoms with Crippen LogP contribution in [0.3, 0.4) is 0 Å². The molecular weight excluding hydrogens is 468 g/mol. The molecule has 0 saturated carbocycles. The molecule has 0 aliphatic heterocycles. The molecule has 0 fully saturated rings. The molecule has 0 aromatic heterocycles. The highest BCUT2D eigenvalue weighted by molar-refractivity contribution is 5.55. The first-order valence-electron chi connectivity index (χ1n) is 13.6. The van der Waals surface area contributed by atoms with E-state index in [4.69, 9.17) is 4.74 Å². The van der Waals surface area contributed by atoms with E-state index in [1.54, 1.807) is 7.11 Å². The zero-order valence-electron chi connectivity index (χ0n) is 25.6. The van der Waals surface area contributed by atoms with E-state index in [2.05, 4.69) is 74.4 Å². The first-order valence-corrected chi connectivity index (χ1v) is 13.6. The average Bonchev–Trinajstić information content (AvgIpc) is 2.76. The SMILES string of the molecule is COc1c(Cc2cc(C)cc(C(C)(C)C)c2[O-])cc(C(C)(C)C)cc1Cc1cc(C)cc(C(C)(C)C)c1[O-]. The Labute approximate surface area is 230 Å². The lowest BCUT2D eigenvalue weighted by Gasteiger charge is -2.30. The Hall–Kier alpha value is -2.94. The molecule has 0 heterocycles. The third kappa shape index (κ3) is 6.37. The van der Waals surface area contributed by atoms with Crippen molar-refractivity contribution in [3.05, 3.63) is 86.5 Å². The fraction of sp³-hybridized carbons (Fsp3) is 0.486. The summed E-state index contributed by atoms with van der Waals surface area (Å²) in [6.45, 7) is 23.2. The molecule has 38 heavy (non-hydrogen) atoms. The van der Waals surface area contributed by atoms with E-state index in [0.29, 0.717) is 12.8 Å². The van der Waals surface area contributed by atoms with Crippen molar-refractivity contribution >= 4 is 0 Å². The van der Waals surface area contributed by atoms with Crippen molar-refractivity contribution in [2.75, 3.05) is 7.11 Å². The van der Waals surface area contributed by atoms with Crippen LogP contribution in [0.25, 0.3) is 0 Å². The third-order valence-corrected chi connectivity index (χ3v) is 7.31. The van der Waals surface area contributed by atoms with E-state index in [9.17, 15) is 10.2 Å². The molecule has 0 unspecified atom stereocenters. The molecule has 0 amide bonds. The number of aryl methyl sites for hydroxylation is 2. The van der Waals surface area contributed by atoms with Crippen LogP contribution in [0.2, 0.25) is 0 Å². The molecule has 0 radical (unpaired) electrons. The van der Waals surface area contributed by atoms with E-state index in [-0.39, 0.29) is 27.7 Å². The zero-order valence-corrected chi connectivity index (χ0v) is 25.6. The number of methoxy groups -OCH3 is 1. The predicted octanol–water partition coefficient (Wildman–Crippen LogP) is 7.53. The summed E-state index contributed by atoms with van der Waals surface area (Å²) in [6.07, 6.45) is 0.962. The van der Waals surface area contributed by atoms with Crippen LogP contribution < -0.4 is 14.9 Å². The summed E-state index contributed by atoms with van der Waals surface area (Å²) < 4.78 is 6.02. The molecule has 3 heteroatoms. The fourth-order valence-electron chi connectivity index (χ4n) is 5.20. The molecule has 0 aliphatic carbocycles. The van der Waals surface area contributed by atoms with Crippen molar-refractivity contribution in [2.24, 2.45) is 0 Å². The van der Waals surface area contributed by atoms with Crippen molar-refractivity contribution in [2.45, 2.75) is 105 Å². The van der Waals surface area contributed by atoms with E-state index >= 15 is 0 Å². The van der Waals surface area contributed by atoms with Gasteiger partial charge in [-0.1, -0.05) is 121 Å². The number of benzene rings is 3. The van der Waals surface area contributed by atoms with Crippen LogP contribution in [0.5, 0.6) is 17.2 Å². The van der Waals surface area contributed by atoms with Gasteiger partial charge in [0.25, 0.3) is 0 Å². The summed E-state index contributed by atoms with van der Waals surface area (Å²) in [6, 6.07) is 12.4. The summed E-state index contributed by atoms with van der Waals surface area (Å²) >= 11 is 0. The molecule has 206 valence electrons. The molecule has 0 aliphatic rings. The van der Waals surface area contributed by atoms with Gasteiger partial charge in [-0.3, -0.25) is 0 Å². The fourth-order valence-corrected chi connectivity index (χ4v) is 5.20. The van der Waals surface area contributed by atoms with Crippen LogP contribution >= 0.6 is 0 Å². The van der Waals surface area contributed by atoms with E-state index in [1.165, 1.54) is 0 Å². The average molecular weight is 515 g/mol. The second kappa shape index (κ2) is 10.3. The molecule has 0 N–H and O–H groups in total. The van der Waals surface area contributed by atoms with Gasteiger partial charge in [0.1, 0.15) is 5.75 Å². The van der Waals surface area contributed by atoms with Crippen LogP contribution in [0, 0.1) is 13.8 Å². The molecule has 3 aromatic carbocycles. The minimum absolute atomic E-state index is 0.100. The van der Waals surface area contributed by atoms with Gasteiger partial charge in [0.05, 0.1) is 7.11 Å². The Morgan fingerprint density at radius 1 is 0.553 bits per heavy atom. The van der Waals surface area contributed by atoms with Gasteiger partial charge in [0.15, 0.2) is 0 Å². The zero-order chi connectivity index (χ0) is 28.8. The monoisotopic (exact) mass is 514 g/mol. The Morgan fingerprint density at radius 3 is 1.21 bits per heavy atom. The molecule has 0 atom stereocenters. The van der Waals surface area contributed by atoms with Crippen molar-refractivity contribution in [3.63, 3.8) is 0 Å². The molecular formula is C35H46O3-2. The van der Waals surface area contributed by atoms with Crippen molar-refractivity contribution < 1.29 is 14.9 Å². The standard InChI is InChI=1S/C35H48O3/c1-21-13-23(30(36)28(15-21)34(6,7)8)17-25-19-27(33(3,4)5)20-26(32(25)38-12)18-24-14-22(2)16-29(31(24)37)35(9,10)11/h13-16,19-20,36-37H,17-18H2,1-12H3/p-2. The Balaban J connectivity index is 2.23. The summed E-state index contributed by atoms with van der Waals surface area (Å²) in [4.78, 5) is 0. The highest BCUT2D eigenvalue weighted by Crippen LogP contribution is 2.40. The Morgan fingerprint density at radius 2 is 0.921 bits per heavy atom. The maximum Gasteiger partial charge on any atom is 0.125 e. The molecule has 3 rings (SSSR count). The molecule has 3 nitrogen and oxygen atoms in total. The van der Waals surface area contributed by atoms with Crippen LogP contribution in [0.15, 0.2) is 36.4 Å². The van der Waals surface area contributed by atoms with Crippen LogP contribution in [0.4, 0.5) is 0 Å². The van der Waals surface area contributed by atoms with Crippen LogP contribution in [-0.4, -0.2) is 7.11 Å². The predicted molar refractivity (Wildman–Crippen MR) is 156 cm³/mol. The van der Waals surface area contributed by atoms with Crippen molar-refractivity contribution in [1.82, 2.24) is 0 Å². The summed E-state index contributed by atoms with van der Waals surface area (Å²) in [7, 11) is 1.68. The number of hydrogen-bond donors (Lipinski definition) is 0. The van der Waals surface area contributed by atoms with Crippen molar-refractivity contribution in [1.29, 1.82) is 0 Å². The Kier molecular flexibility index (Phi) is 8.04. The van der Waals surface area contributed by atoms with Gasteiger partial charge < -0.3 is 14.9 Å². The molecule has 0 saturated heterocycles. The Bertz CT molecular complexity index is 1230. The molecule has 0 spiro atoms. The topological polar surface area (TPSA) is 55.3 Å². The number of rotatable bonds is 5. The molecule has 3 aromatic rings. The highest BCUT2D eigenvalue weighted by atomic mass is 16.5. The van der Waals surface area contributed by atoms with Gasteiger partial charge in [0.2, 0.25) is 0 Å². The largest absolute Gasteiger partial charge is 0.872 e. The first-order chi connectivity index (χ1) is 17.3. The number of hydrogen-bond acceptors (Lipinski definition) is 3.